The fourth-order valence-corrected chi connectivity index (χ4v) is 2.26. The summed E-state index contributed by atoms with van der Waals surface area (Å²) in [5.74, 6) is 2.00. The SMILES string of the molecule is CC(C)c1ccnc2c1C(C)C2C. The molecule has 0 amide bonds. The van der Waals surface area contributed by atoms with Crippen LogP contribution < -0.4 is 0 Å². The first-order chi connectivity index (χ1) is 6.13. The van der Waals surface area contributed by atoms with Crippen molar-refractivity contribution in [3.8, 4) is 0 Å². The summed E-state index contributed by atoms with van der Waals surface area (Å²) in [6, 6.07) is 2.17. The zero-order valence-electron chi connectivity index (χ0n) is 8.83. The lowest BCUT2D eigenvalue weighted by Gasteiger charge is -2.36. The van der Waals surface area contributed by atoms with E-state index < -0.39 is 0 Å². The van der Waals surface area contributed by atoms with Crippen molar-refractivity contribution >= 4 is 0 Å². The first kappa shape index (κ1) is 8.74. The standard InChI is InChI=1S/C12H17N/c1-7(2)10-5-6-13-12-9(4)8(3)11(10)12/h5-9H,1-4H3. The molecule has 0 radical (unpaired) electrons. The van der Waals surface area contributed by atoms with Gasteiger partial charge in [0.05, 0.1) is 0 Å². The smallest absolute Gasteiger partial charge is 0.0475 e. The second-order valence-electron chi connectivity index (χ2n) is 4.43. The lowest BCUT2D eigenvalue weighted by atomic mass is 9.70. The molecule has 2 rings (SSSR count). The number of hydrogen-bond donors (Lipinski definition) is 0. The van der Waals surface area contributed by atoms with Crippen LogP contribution in [0.4, 0.5) is 0 Å². The fourth-order valence-electron chi connectivity index (χ4n) is 2.26. The second kappa shape index (κ2) is 2.83. The Morgan fingerprint density at radius 1 is 1.23 bits per heavy atom. The van der Waals surface area contributed by atoms with Gasteiger partial charge in [-0.2, -0.15) is 0 Å². The molecule has 0 spiro atoms. The third-order valence-corrected chi connectivity index (χ3v) is 3.31. The Hall–Kier alpha value is -0.850. The minimum absolute atomic E-state index is 0.631. The summed E-state index contributed by atoms with van der Waals surface area (Å²) in [5.41, 5.74) is 4.35. The molecule has 70 valence electrons. The highest BCUT2D eigenvalue weighted by molar-refractivity contribution is 5.45. The van der Waals surface area contributed by atoms with Gasteiger partial charge in [0.15, 0.2) is 0 Å². The maximum absolute atomic E-state index is 4.44. The van der Waals surface area contributed by atoms with Crippen molar-refractivity contribution in [3.63, 3.8) is 0 Å². The number of fused-ring (bicyclic) bond motifs is 1. The maximum atomic E-state index is 4.44. The van der Waals surface area contributed by atoms with Gasteiger partial charge in [0.25, 0.3) is 0 Å². The van der Waals surface area contributed by atoms with E-state index in [9.17, 15) is 0 Å². The Kier molecular flexibility index (Phi) is 1.90. The Labute approximate surface area is 80.2 Å². The first-order valence-electron chi connectivity index (χ1n) is 5.11. The maximum Gasteiger partial charge on any atom is 0.0475 e. The Morgan fingerprint density at radius 3 is 2.54 bits per heavy atom. The molecule has 1 nitrogen and oxygen atoms in total. The normalized spacial score (nSPS) is 25.6. The predicted molar refractivity (Wildman–Crippen MR) is 55.2 cm³/mol. The van der Waals surface area contributed by atoms with Gasteiger partial charge in [-0.3, -0.25) is 4.98 Å². The molecule has 2 atom stereocenters. The molecule has 1 aromatic heterocycles. The van der Waals surface area contributed by atoms with Crippen molar-refractivity contribution in [3.05, 3.63) is 29.1 Å². The van der Waals surface area contributed by atoms with E-state index in [4.69, 9.17) is 0 Å². The minimum Gasteiger partial charge on any atom is -0.261 e. The molecule has 0 fully saturated rings. The number of aromatic nitrogens is 1. The summed E-state index contributed by atoms with van der Waals surface area (Å²) in [5, 5.41) is 0. The average molecular weight is 175 g/mol. The van der Waals surface area contributed by atoms with Crippen LogP contribution in [0.3, 0.4) is 0 Å². The van der Waals surface area contributed by atoms with Gasteiger partial charge in [-0.15, -0.1) is 0 Å². The van der Waals surface area contributed by atoms with Crippen molar-refractivity contribution in [2.45, 2.75) is 45.4 Å². The molecule has 0 saturated carbocycles. The van der Waals surface area contributed by atoms with Crippen molar-refractivity contribution in [2.24, 2.45) is 0 Å². The monoisotopic (exact) mass is 175 g/mol. The van der Waals surface area contributed by atoms with Crippen LogP contribution in [0, 0.1) is 0 Å². The quantitative estimate of drug-likeness (QED) is 0.637. The molecule has 1 heterocycles. The number of hydrogen-bond acceptors (Lipinski definition) is 1. The molecule has 13 heavy (non-hydrogen) atoms. The van der Waals surface area contributed by atoms with Gasteiger partial charge in [-0.1, -0.05) is 27.7 Å². The van der Waals surface area contributed by atoms with E-state index in [1.165, 1.54) is 16.8 Å². The van der Waals surface area contributed by atoms with Crippen LogP contribution in [0.15, 0.2) is 12.3 Å². The summed E-state index contributed by atoms with van der Waals surface area (Å²) in [7, 11) is 0. The third kappa shape index (κ3) is 1.10. The summed E-state index contributed by atoms with van der Waals surface area (Å²) >= 11 is 0. The van der Waals surface area contributed by atoms with E-state index >= 15 is 0 Å². The molecular weight excluding hydrogens is 158 g/mol. The number of pyridine rings is 1. The molecule has 0 saturated heterocycles. The zero-order chi connectivity index (χ0) is 9.59. The third-order valence-electron chi connectivity index (χ3n) is 3.31. The lowest BCUT2D eigenvalue weighted by Crippen LogP contribution is -2.23. The molecule has 1 aromatic rings. The Balaban J connectivity index is 2.51. The fraction of sp³-hybridized carbons (Fsp3) is 0.583. The highest BCUT2D eigenvalue weighted by Gasteiger charge is 2.34. The number of rotatable bonds is 1. The summed E-state index contributed by atoms with van der Waals surface area (Å²) in [4.78, 5) is 4.44. The highest BCUT2D eigenvalue weighted by Crippen LogP contribution is 2.47. The van der Waals surface area contributed by atoms with Crippen molar-refractivity contribution in [1.82, 2.24) is 4.98 Å². The second-order valence-corrected chi connectivity index (χ2v) is 4.43. The molecule has 1 heteroatoms. The number of nitrogens with zero attached hydrogens (tertiary/aromatic N) is 1. The van der Waals surface area contributed by atoms with Gasteiger partial charge in [-0.05, 0) is 29.0 Å². The Morgan fingerprint density at radius 2 is 1.92 bits per heavy atom. The van der Waals surface area contributed by atoms with E-state index in [1.807, 2.05) is 6.20 Å². The molecule has 1 aliphatic carbocycles. The van der Waals surface area contributed by atoms with E-state index in [1.54, 1.807) is 0 Å². The van der Waals surface area contributed by atoms with E-state index in [0.717, 1.165) is 0 Å². The van der Waals surface area contributed by atoms with E-state index in [0.29, 0.717) is 17.8 Å². The minimum atomic E-state index is 0.631. The molecule has 0 aromatic carbocycles. The zero-order valence-corrected chi connectivity index (χ0v) is 8.83. The van der Waals surface area contributed by atoms with Gasteiger partial charge in [0.1, 0.15) is 0 Å². The van der Waals surface area contributed by atoms with Gasteiger partial charge in [-0.25, -0.2) is 0 Å². The molecule has 2 unspecified atom stereocenters. The predicted octanol–water partition coefficient (Wildman–Crippen LogP) is 3.43. The lowest BCUT2D eigenvalue weighted by molar-refractivity contribution is 0.510. The van der Waals surface area contributed by atoms with Crippen LogP contribution in [-0.4, -0.2) is 4.98 Å². The van der Waals surface area contributed by atoms with Crippen LogP contribution >= 0.6 is 0 Å². The van der Waals surface area contributed by atoms with Crippen LogP contribution in [0.25, 0.3) is 0 Å². The summed E-state index contributed by atoms with van der Waals surface area (Å²) in [6.07, 6.45) is 1.95. The molecule has 0 N–H and O–H groups in total. The van der Waals surface area contributed by atoms with E-state index in [-0.39, 0.29) is 0 Å². The van der Waals surface area contributed by atoms with Crippen LogP contribution in [0.5, 0.6) is 0 Å². The average Bonchev–Trinajstić information content (AvgIpc) is 2.15. The van der Waals surface area contributed by atoms with Crippen molar-refractivity contribution < 1.29 is 0 Å². The van der Waals surface area contributed by atoms with Gasteiger partial charge in [0.2, 0.25) is 0 Å². The Bertz CT molecular complexity index is 328. The first-order valence-corrected chi connectivity index (χ1v) is 5.11. The van der Waals surface area contributed by atoms with Crippen LogP contribution in [-0.2, 0) is 0 Å². The van der Waals surface area contributed by atoms with Crippen molar-refractivity contribution in [2.75, 3.05) is 0 Å². The van der Waals surface area contributed by atoms with Gasteiger partial charge in [0, 0.05) is 17.8 Å². The van der Waals surface area contributed by atoms with Gasteiger partial charge >= 0.3 is 0 Å². The van der Waals surface area contributed by atoms with E-state index in [2.05, 4.69) is 38.7 Å². The van der Waals surface area contributed by atoms with Crippen LogP contribution in [0.1, 0.15) is 62.3 Å². The molecule has 0 aliphatic heterocycles. The summed E-state index contributed by atoms with van der Waals surface area (Å²) < 4.78 is 0. The van der Waals surface area contributed by atoms with Crippen molar-refractivity contribution in [1.29, 1.82) is 0 Å². The molecule has 0 bridgehead atoms. The highest BCUT2D eigenvalue weighted by atomic mass is 14.7. The van der Waals surface area contributed by atoms with Gasteiger partial charge < -0.3 is 0 Å². The van der Waals surface area contributed by atoms with Crippen LogP contribution in [0.2, 0.25) is 0 Å². The molecule has 1 aliphatic rings. The topological polar surface area (TPSA) is 12.9 Å². The summed E-state index contributed by atoms with van der Waals surface area (Å²) in [6.45, 7) is 9.08. The largest absolute Gasteiger partial charge is 0.261 e. The molecular formula is C12H17N.